The van der Waals surface area contributed by atoms with Gasteiger partial charge >= 0.3 is 0 Å². The van der Waals surface area contributed by atoms with Crippen molar-refractivity contribution in [3.63, 3.8) is 0 Å². The van der Waals surface area contributed by atoms with Gasteiger partial charge in [0.05, 0.1) is 12.6 Å². The van der Waals surface area contributed by atoms with Gasteiger partial charge in [0, 0.05) is 26.1 Å². The molecule has 3 N–H and O–H groups in total. The molecule has 0 unspecified atom stereocenters. The van der Waals surface area contributed by atoms with Gasteiger partial charge in [-0.25, -0.2) is 0 Å². The van der Waals surface area contributed by atoms with Gasteiger partial charge in [0.15, 0.2) is 0 Å². The molecule has 7 heteroatoms. The molecule has 2 fully saturated rings. The Morgan fingerprint density at radius 3 is 2.40 bits per heavy atom. The van der Waals surface area contributed by atoms with Crippen molar-refractivity contribution in [3.05, 3.63) is 0 Å². The molecule has 1 saturated heterocycles. The van der Waals surface area contributed by atoms with Gasteiger partial charge in [-0.1, -0.05) is 19.3 Å². The summed E-state index contributed by atoms with van der Waals surface area (Å²) in [5, 5.41) is 2.80. The Hall–Kier alpha value is -0.850. The van der Waals surface area contributed by atoms with Crippen LogP contribution in [0.4, 0.5) is 0 Å². The van der Waals surface area contributed by atoms with Crippen LogP contribution in [0.1, 0.15) is 57.8 Å². The zero-order valence-corrected chi connectivity index (χ0v) is 16.0. The Balaban J connectivity index is 0.00000312. The van der Waals surface area contributed by atoms with Gasteiger partial charge in [0.2, 0.25) is 11.8 Å². The lowest BCUT2D eigenvalue weighted by atomic mass is 9.87. The number of hydrogen-bond donors (Lipinski definition) is 2. The minimum Gasteiger partial charge on any atom is -0.378 e. The first-order valence-electron chi connectivity index (χ1n) is 9.55. The lowest BCUT2D eigenvalue weighted by Crippen LogP contribution is -2.45. The number of likely N-dealkylation sites (tertiary alicyclic amines) is 1. The summed E-state index contributed by atoms with van der Waals surface area (Å²) in [4.78, 5) is 26.0. The number of carbonyl (C=O) groups excluding carboxylic acids is 2. The molecule has 1 saturated carbocycles. The van der Waals surface area contributed by atoms with Gasteiger partial charge in [-0.3, -0.25) is 9.59 Å². The van der Waals surface area contributed by atoms with E-state index in [1.807, 2.05) is 4.90 Å². The number of amides is 2. The highest BCUT2D eigenvalue weighted by atomic mass is 35.5. The van der Waals surface area contributed by atoms with Gasteiger partial charge in [-0.15, -0.1) is 12.4 Å². The second kappa shape index (κ2) is 12.5. The van der Waals surface area contributed by atoms with E-state index in [4.69, 9.17) is 10.5 Å². The third kappa shape index (κ3) is 8.38. The van der Waals surface area contributed by atoms with Crippen LogP contribution in [0.2, 0.25) is 0 Å². The van der Waals surface area contributed by atoms with E-state index in [0.717, 1.165) is 32.1 Å². The maximum Gasteiger partial charge on any atom is 0.241 e. The molecule has 25 heavy (non-hydrogen) atoms. The van der Waals surface area contributed by atoms with E-state index in [0.29, 0.717) is 38.6 Å². The third-order valence-corrected chi connectivity index (χ3v) is 5.13. The zero-order valence-electron chi connectivity index (χ0n) is 15.2. The fourth-order valence-corrected chi connectivity index (χ4v) is 3.62. The molecule has 146 valence electrons. The average Bonchev–Trinajstić information content (AvgIpc) is 2.61. The van der Waals surface area contributed by atoms with Gasteiger partial charge in [-0.05, 0) is 44.6 Å². The third-order valence-electron chi connectivity index (χ3n) is 5.13. The fraction of sp³-hybridized carbons (Fsp3) is 0.889. The first kappa shape index (κ1) is 22.2. The summed E-state index contributed by atoms with van der Waals surface area (Å²) in [6, 6.07) is 0. The van der Waals surface area contributed by atoms with Gasteiger partial charge in [0.1, 0.15) is 0 Å². The van der Waals surface area contributed by atoms with E-state index in [2.05, 4.69) is 5.32 Å². The van der Waals surface area contributed by atoms with Gasteiger partial charge < -0.3 is 20.7 Å². The molecular weight excluding hydrogens is 342 g/mol. The number of hydrogen-bond acceptors (Lipinski definition) is 4. The summed E-state index contributed by atoms with van der Waals surface area (Å²) in [7, 11) is 0. The Bertz CT molecular complexity index is 395. The first-order chi connectivity index (χ1) is 11.7. The highest BCUT2D eigenvalue weighted by Crippen LogP contribution is 2.26. The number of nitrogens with two attached hydrogens (primary N) is 1. The number of ether oxygens (including phenoxy) is 1. The van der Waals surface area contributed by atoms with Crippen LogP contribution in [0.5, 0.6) is 0 Å². The predicted molar refractivity (Wildman–Crippen MR) is 101 cm³/mol. The molecule has 2 rings (SSSR count). The monoisotopic (exact) mass is 375 g/mol. The maximum atomic E-state index is 12.2. The van der Waals surface area contributed by atoms with Crippen molar-refractivity contribution in [1.29, 1.82) is 0 Å². The van der Waals surface area contributed by atoms with Crippen LogP contribution in [-0.4, -0.2) is 55.6 Å². The number of halogens is 1. The smallest absolute Gasteiger partial charge is 0.241 e. The molecule has 2 amide bonds. The normalized spacial score (nSPS) is 19.3. The van der Waals surface area contributed by atoms with E-state index in [1.165, 1.54) is 19.3 Å². The summed E-state index contributed by atoms with van der Waals surface area (Å²) >= 11 is 0. The quantitative estimate of drug-likeness (QED) is 0.634. The predicted octanol–water partition coefficient (Wildman–Crippen LogP) is 1.85. The molecule has 0 bridgehead atoms. The lowest BCUT2D eigenvalue weighted by Gasteiger charge is -2.32. The minimum atomic E-state index is 0. The summed E-state index contributed by atoms with van der Waals surface area (Å²) in [6.45, 7) is 2.91. The van der Waals surface area contributed by atoms with Crippen molar-refractivity contribution >= 4 is 24.2 Å². The first-order valence-corrected chi connectivity index (χ1v) is 9.55. The topological polar surface area (TPSA) is 84.7 Å². The van der Waals surface area contributed by atoms with Crippen LogP contribution in [0.25, 0.3) is 0 Å². The fourth-order valence-electron chi connectivity index (χ4n) is 3.62. The molecule has 0 spiro atoms. The van der Waals surface area contributed by atoms with Crippen molar-refractivity contribution in [2.45, 2.75) is 63.9 Å². The Morgan fingerprint density at radius 2 is 1.76 bits per heavy atom. The van der Waals surface area contributed by atoms with Crippen molar-refractivity contribution < 1.29 is 14.3 Å². The van der Waals surface area contributed by atoms with Crippen LogP contribution in [0, 0.1) is 5.92 Å². The SMILES string of the molecule is Cl.NCCCOC1CCN(C(=O)CNC(=O)CC2CCCCC2)CC1. The summed E-state index contributed by atoms with van der Waals surface area (Å²) in [5.74, 6) is 0.554. The second-order valence-electron chi connectivity index (χ2n) is 7.08. The number of nitrogens with zero attached hydrogens (tertiary/aromatic N) is 1. The van der Waals surface area contributed by atoms with Crippen molar-refractivity contribution in [2.75, 3.05) is 32.8 Å². The van der Waals surface area contributed by atoms with E-state index in [1.54, 1.807) is 0 Å². The van der Waals surface area contributed by atoms with Crippen LogP contribution in [-0.2, 0) is 14.3 Å². The number of carbonyl (C=O) groups is 2. The molecule has 0 aromatic heterocycles. The number of rotatable bonds is 8. The number of piperidine rings is 1. The maximum absolute atomic E-state index is 12.2. The van der Waals surface area contributed by atoms with Crippen molar-refractivity contribution in [1.82, 2.24) is 10.2 Å². The lowest BCUT2D eigenvalue weighted by molar-refractivity contribution is -0.135. The Morgan fingerprint density at radius 1 is 1.08 bits per heavy atom. The van der Waals surface area contributed by atoms with Crippen LogP contribution in [0.3, 0.4) is 0 Å². The van der Waals surface area contributed by atoms with Crippen LogP contribution >= 0.6 is 12.4 Å². The molecule has 0 atom stereocenters. The zero-order chi connectivity index (χ0) is 17.2. The standard InChI is InChI=1S/C18H33N3O3.ClH/c19-9-4-12-24-16-7-10-21(11-8-16)18(23)14-20-17(22)13-15-5-2-1-3-6-15;/h15-16H,1-14,19H2,(H,20,22);1H. The summed E-state index contributed by atoms with van der Waals surface area (Å²) in [6.07, 6.45) is 9.50. The highest BCUT2D eigenvalue weighted by Gasteiger charge is 2.23. The average molecular weight is 376 g/mol. The van der Waals surface area contributed by atoms with Crippen molar-refractivity contribution in [2.24, 2.45) is 11.7 Å². The molecule has 0 aromatic carbocycles. The van der Waals surface area contributed by atoms with Crippen molar-refractivity contribution in [3.8, 4) is 0 Å². The van der Waals surface area contributed by atoms with E-state index in [9.17, 15) is 9.59 Å². The van der Waals surface area contributed by atoms with E-state index < -0.39 is 0 Å². The largest absolute Gasteiger partial charge is 0.378 e. The van der Waals surface area contributed by atoms with Gasteiger partial charge in [0.25, 0.3) is 0 Å². The summed E-state index contributed by atoms with van der Waals surface area (Å²) in [5.41, 5.74) is 5.46. The highest BCUT2D eigenvalue weighted by molar-refractivity contribution is 5.85. The van der Waals surface area contributed by atoms with E-state index in [-0.39, 0.29) is 36.9 Å². The molecule has 2 aliphatic rings. The molecule has 1 aliphatic heterocycles. The van der Waals surface area contributed by atoms with Crippen LogP contribution in [0.15, 0.2) is 0 Å². The molecule has 0 aromatic rings. The molecular formula is C18H34ClN3O3. The second-order valence-corrected chi connectivity index (χ2v) is 7.08. The molecule has 1 heterocycles. The van der Waals surface area contributed by atoms with E-state index >= 15 is 0 Å². The molecule has 0 radical (unpaired) electrons. The Kier molecular flexibility index (Phi) is 11.1. The molecule has 1 aliphatic carbocycles. The number of nitrogens with one attached hydrogen (secondary N) is 1. The summed E-state index contributed by atoms with van der Waals surface area (Å²) < 4.78 is 5.75. The molecule has 6 nitrogen and oxygen atoms in total. The Labute approximate surface area is 157 Å². The van der Waals surface area contributed by atoms with Crippen LogP contribution < -0.4 is 11.1 Å². The minimum absolute atomic E-state index is 0. The van der Waals surface area contributed by atoms with Gasteiger partial charge in [-0.2, -0.15) is 0 Å².